The van der Waals surface area contributed by atoms with E-state index in [1.807, 2.05) is 0 Å². The number of nitrogens with zero attached hydrogens (tertiary/aromatic N) is 3. The van der Waals surface area contributed by atoms with Gasteiger partial charge in [-0.25, -0.2) is 9.37 Å². The number of H-pyrrole nitrogens is 1. The number of aromatic nitrogens is 2. The molecule has 2 aromatic rings. The number of aromatic amines is 1. The van der Waals surface area contributed by atoms with Crippen molar-refractivity contribution in [3.63, 3.8) is 0 Å². The van der Waals surface area contributed by atoms with E-state index in [-0.39, 0.29) is 29.5 Å². The molecule has 1 N–H and O–H groups in total. The van der Waals surface area contributed by atoms with Crippen molar-refractivity contribution in [1.29, 1.82) is 0 Å². The summed E-state index contributed by atoms with van der Waals surface area (Å²) in [6, 6.07) is 6.02. The molecular weight excluding hydrogens is 407 g/mol. The Labute approximate surface area is 187 Å². The maximum Gasteiger partial charge on any atom is 0.257 e. The summed E-state index contributed by atoms with van der Waals surface area (Å²) in [5, 5.41) is 0. The maximum absolute atomic E-state index is 14.1. The van der Waals surface area contributed by atoms with Crippen molar-refractivity contribution in [2.45, 2.75) is 44.6 Å². The lowest BCUT2D eigenvalue weighted by atomic mass is 9.94. The summed E-state index contributed by atoms with van der Waals surface area (Å²) in [4.78, 5) is 37.5. The highest BCUT2D eigenvalue weighted by molar-refractivity contribution is 5.94. The van der Waals surface area contributed by atoms with Crippen LogP contribution in [0.4, 0.5) is 4.39 Å². The number of hydrogen-bond donors (Lipinski definition) is 1. The number of carbonyl (C=O) groups is 1. The summed E-state index contributed by atoms with van der Waals surface area (Å²) >= 11 is 0. The molecule has 1 fully saturated rings. The maximum atomic E-state index is 14.1. The first-order valence-electron chi connectivity index (χ1n) is 11.6. The van der Waals surface area contributed by atoms with Gasteiger partial charge in [0.05, 0.1) is 17.8 Å². The molecule has 3 heterocycles. The van der Waals surface area contributed by atoms with Crippen LogP contribution >= 0.6 is 0 Å². The van der Waals surface area contributed by atoms with Crippen LogP contribution in [0.2, 0.25) is 0 Å². The molecule has 2 atom stereocenters. The van der Waals surface area contributed by atoms with Crippen molar-refractivity contribution in [1.82, 2.24) is 19.8 Å². The normalized spacial score (nSPS) is 23.3. The molecule has 0 spiro atoms. The van der Waals surface area contributed by atoms with Gasteiger partial charge >= 0.3 is 0 Å². The Hall–Kier alpha value is -2.80. The lowest BCUT2D eigenvalue weighted by molar-refractivity contribution is 0.0726. The summed E-state index contributed by atoms with van der Waals surface area (Å²) in [6.07, 6.45) is 9.54. The zero-order valence-corrected chi connectivity index (χ0v) is 18.2. The first-order valence-corrected chi connectivity index (χ1v) is 11.6. The molecule has 0 bridgehead atoms. The van der Waals surface area contributed by atoms with Crippen LogP contribution in [0.1, 0.15) is 59.0 Å². The minimum absolute atomic E-state index is 0.0602. The number of nitrogens with one attached hydrogen (secondary N) is 1. The molecule has 7 heteroatoms. The van der Waals surface area contributed by atoms with Crippen LogP contribution in [0.15, 0.2) is 41.2 Å². The van der Waals surface area contributed by atoms with Crippen molar-refractivity contribution in [3.8, 4) is 0 Å². The van der Waals surface area contributed by atoms with E-state index in [4.69, 9.17) is 4.98 Å². The molecule has 1 aromatic heterocycles. The average molecular weight is 437 g/mol. The van der Waals surface area contributed by atoms with Crippen molar-refractivity contribution in [3.05, 3.63) is 75.2 Å². The Morgan fingerprint density at radius 3 is 2.88 bits per heavy atom. The van der Waals surface area contributed by atoms with E-state index >= 15 is 0 Å². The Bertz CT molecular complexity index is 1100. The summed E-state index contributed by atoms with van der Waals surface area (Å²) in [6.45, 7) is 3.64. The van der Waals surface area contributed by atoms with Crippen molar-refractivity contribution in [2.24, 2.45) is 5.92 Å². The molecule has 2 aliphatic heterocycles. The van der Waals surface area contributed by atoms with Crippen molar-refractivity contribution >= 4 is 5.91 Å². The molecule has 5 rings (SSSR count). The summed E-state index contributed by atoms with van der Waals surface area (Å²) in [5.41, 5.74) is 1.26. The molecule has 1 aliphatic carbocycles. The minimum Gasteiger partial charge on any atom is -0.332 e. The second-order valence-electron chi connectivity index (χ2n) is 9.23. The number of likely N-dealkylation sites (tertiary alicyclic amines) is 1. The molecule has 168 valence electrons. The quantitative estimate of drug-likeness (QED) is 0.747. The number of fused-ring (bicyclic) bond motifs is 1. The third-order valence-electron chi connectivity index (χ3n) is 7.04. The van der Waals surface area contributed by atoms with Gasteiger partial charge in [0, 0.05) is 31.1 Å². The lowest BCUT2D eigenvalue weighted by Gasteiger charge is -2.28. The zero-order chi connectivity index (χ0) is 22.1. The van der Waals surface area contributed by atoms with E-state index in [2.05, 4.69) is 22.0 Å². The highest BCUT2D eigenvalue weighted by atomic mass is 19.1. The number of halogens is 1. The first kappa shape index (κ1) is 21.1. The highest BCUT2D eigenvalue weighted by Gasteiger charge is 2.31. The Morgan fingerprint density at radius 2 is 2.06 bits per heavy atom. The summed E-state index contributed by atoms with van der Waals surface area (Å²) < 4.78 is 14.1. The van der Waals surface area contributed by atoms with Crippen molar-refractivity contribution in [2.75, 3.05) is 26.2 Å². The van der Waals surface area contributed by atoms with Gasteiger partial charge in [0.25, 0.3) is 11.5 Å². The number of rotatable bonds is 4. The Balaban J connectivity index is 1.30. The lowest BCUT2D eigenvalue weighted by Crippen LogP contribution is -2.40. The van der Waals surface area contributed by atoms with Gasteiger partial charge in [0.15, 0.2) is 0 Å². The number of amides is 1. The van der Waals surface area contributed by atoms with E-state index in [0.29, 0.717) is 30.1 Å². The van der Waals surface area contributed by atoms with Crippen LogP contribution < -0.4 is 5.56 Å². The highest BCUT2D eigenvalue weighted by Crippen LogP contribution is 2.28. The fourth-order valence-electron chi connectivity index (χ4n) is 5.24. The summed E-state index contributed by atoms with van der Waals surface area (Å²) in [7, 11) is 0. The molecule has 1 amide bonds. The molecule has 3 aliphatic rings. The Kier molecular flexibility index (Phi) is 5.91. The second-order valence-corrected chi connectivity index (χ2v) is 9.23. The van der Waals surface area contributed by atoms with Crippen LogP contribution in [-0.2, 0) is 13.0 Å². The molecule has 6 nitrogen and oxygen atoms in total. The van der Waals surface area contributed by atoms with Crippen molar-refractivity contribution < 1.29 is 9.18 Å². The molecule has 0 unspecified atom stereocenters. The minimum atomic E-state index is -0.526. The standard InChI is InChI=1S/C25H29FN4O2/c26-21-9-5-4-8-19(21)25(32)30-13-11-20-22(16-30)27-23(28-24(20)31)18-10-12-29(15-18)14-17-6-2-1-3-7-17/h1-2,4-5,8-9,17-18H,3,6-7,10-16H2,(H,27,28,31)/t17-,18-/m1/s1. The molecular formula is C25H29FN4O2. The van der Waals surface area contributed by atoms with E-state index in [9.17, 15) is 14.0 Å². The molecule has 1 aromatic carbocycles. The van der Waals surface area contributed by atoms with E-state index < -0.39 is 5.82 Å². The third-order valence-corrected chi connectivity index (χ3v) is 7.04. The number of benzene rings is 1. The SMILES string of the molecule is O=C(c1ccccc1F)N1CCc2c(nc([C@@H]3CCN(C[C@@H]4CC=CCC4)C3)[nH]c2=O)C1. The number of hydrogen-bond acceptors (Lipinski definition) is 4. The van der Waals surface area contributed by atoms with Crippen LogP contribution in [0.3, 0.4) is 0 Å². The van der Waals surface area contributed by atoms with Gasteiger partial charge in [-0.1, -0.05) is 24.3 Å². The smallest absolute Gasteiger partial charge is 0.257 e. The third kappa shape index (κ3) is 4.26. The molecule has 0 saturated carbocycles. The van der Waals surface area contributed by atoms with Gasteiger partial charge in [0.2, 0.25) is 0 Å². The monoisotopic (exact) mass is 436 g/mol. The van der Waals surface area contributed by atoms with Crippen LogP contribution in [-0.4, -0.2) is 51.9 Å². The van der Waals surface area contributed by atoms with Gasteiger partial charge in [-0.3, -0.25) is 9.59 Å². The second kappa shape index (κ2) is 8.98. The predicted octanol–water partition coefficient (Wildman–Crippen LogP) is 3.25. The number of allylic oxidation sites excluding steroid dienone is 2. The van der Waals surface area contributed by atoms with Gasteiger partial charge in [-0.2, -0.15) is 0 Å². The topological polar surface area (TPSA) is 69.3 Å². The summed E-state index contributed by atoms with van der Waals surface area (Å²) in [5.74, 6) is 0.755. The van der Waals surface area contributed by atoms with Crippen LogP contribution in [0, 0.1) is 11.7 Å². The van der Waals surface area contributed by atoms with E-state index in [1.165, 1.54) is 25.0 Å². The predicted molar refractivity (Wildman–Crippen MR) is 120 cm³/mol. The van der Waals surface area contributed by atoms with E-state index in [0.717, 1.165) is 38.3 Å². The Morgan fingerprint density at radius 1 is 1.19 bits per heavy atom. The largest absolute Gasteiger partial charge is 0.332 e. The zero-order valence-electron chi connectivity index (χ0n) is 18.2. The number of carbonyl (C=O) groups excluding carboxylic acids is 1. The van der Waals surface area contributed by atoms with Crippen LogP contribution in [0.5, 0.6) is 0 Å². The fraction of sp³-hybridized carbons (Fsp3) is 0.480. The van der Waals surface area contributed by atoms with Gasteiger partial charge in [-0.15, -0.1) is 0 Å². The van der Waals surface area contributed by atoms with Crippen LogP contribution in [0.25, 0.3) is 0 Å². The van der Waals surface area contributed by atoms with E-state index in [1.54, 1.807) is 17.0 Å². The van der Waals surface area contributed by atoms with Gasteiger partial charge in [-0.05, 0) is 56.7 Å². The molecule has 0 radical (unpaired) electrons. The average Bonchev–Trinajstić information content (AvgIpc) is 3.28. The van der Waals surface area contributed by atoms with Gasteiger partial charge < -0.3 is 14.8 Å². The van der Waals surface area contributed by atoms with Gasteiger partial charge in [0.1, 0.15) is 11.6 Å². The molecule has 32 heavy (non-hydrogen) atoms. The fourth-order valence-corrected chi connectivity index (χ4v) is 5.24. The molecule has 1 saturated heterocycles. The first-order chi connectivity index (χ1) is 15.6.